The van der Waals surface area contributed by atoms with Gasteiger partial charge >= 0.3 is 0 Å². The predicted octanol–water partition coefficient (Wildman–Crippen LogP) is 2.61. The summed E-state index contributed by atoms with van der Waals surface area (Å²) in [6, 6.07) is 0. The molecule has 0 atom stereocenters. The SMILES string of the molecule is CCOC(=N)C1CCCC1.Cl. The Morgan fingerprint density at radius 3 is 2.45 bits per heavy atom. The van der Waals surface area contributed by atoms with Gasteiger partial charge in [0.15, 0.2) is 5.90 Å². The molecule has 0 unspecified atom stereocenters. The Morgan fingerprint density at radius 1 is 1.45 bits per heavy atom. The third kappa shape index (κ3) is 3.10. The second-order valence-corrected chi connectivity index (χ2v) is 2.78. The van der Waals surface area contributed by atoms with Gasteiger partial charge in [0.2, 0.25) is 0 Å². The molecule has 0 bridgehead atoms. The molecular weight excluding hydrogens is 162 g/mol. The number of hydrogen-bond donors (Lipinski definition) is 1. The van der Waals surface area contributed by atoms with Crippen LogP contribution in [0, 0.1) is 11.3 Å². The Labute approximate surface area is 74.2 Å². The first-order chi connectivity index (χ1) is 4.84. The largest absolute Gasteiger partial charge is 0.481 e. The van der Waals surface area contributed by atoms with Crippen molar-refractivity contribution in [3.05, 3.63) is 0 Å². The molecule has 0 saturated heterocycles. The van der Waals surface area contributed by atoms with Gasteiger partial charge in [-0.2, -0.15) is 0 Å². The van der Waals surface area contributed by atoms with Gasteiger partial charge in [-0.25, -0.2) is 0 Å². The number of halogens is 1. The fourth-order valence-corrected chi connectivity index (χ4v) is 1.46. The molecule has 1 N–H and O–H groups in total. The van der Waals surface area contributed by atoms with E-state index in [0.717, 1.165) is 0 Å². The first-order valence-electron chi connectivity index (χ1n) is 4.06. The van der Waals surface area contributed by atoms with Crippen molar-refractivity contribution in [3.8, 4) is 0 Å². The lowest BCUT2D eigenvalue weighted by atomic mass is 10.1. The van der Waals surface area contributed by atoms with Crippen molar-refractivity contribution >= 4 is 18.3 Å². The lowest BCUT2D eigenvalue weighted by Gasteiger charge is -2.09. The standard InChI is InChI=1S/C8H15NO.ClH/c1-2-10-8(9)7-5-3-4-6-7;/h7,9H,2-6H2,1H3;1H. The average molecular weight is 178 g/mol. The zero-order chi connectivity index (χ0) is 7.40. The van der Waals surface area contributed by atoms with Crippen molar-refractivity contribution in [2.45, 2.75) is 32.6 Å². The van der Waals surface area contributed by atoms with Crippen LogP contribution < -0.4 is 0 Å². The third-order valence-electron chi connectivity index (χ3n) is 2.03. The molecule has 1 rings (SSSR count). The Bertz CT molecular complexity index is 121. The van der Waals surface area contributed by atoms with Crippen LogP contribution in [0.5, 0.6) is 0 Å². The first-order valence-corrected chi connectivity index (χ1v) is 4.06. The number of hydrogen-bond acceptors (Lipinski definition) is 2. The number of nitrogens with one attached hydrogen (secondary N) is 1. The summed E-state index contributed by atoms with van der Waals surface area (Å²) in [4.78, 5) is 0. The number of rotatable bonds is 2. The van der Waals surface area contributed by atoms with Crippen molar-refractivity contribution < 1.29 is 4.74 Å². The Morgan fingerprint density at radius 2 is 2.00 bits per heavy atom. The smallest absolute Gasteiger partial charge is 0.183 e. The monoisotopic (exact) mass is 177 g/mol. The van der Waals surface area contributed by atoms with Gasteiger partial charge in [-0.3, -0.25) is 5.41 Å². The van der Waals surface area contributed by atoms with Crippen molar-refractivity contribution in [2.24, 2.45) is 5.92 Å². The first kappa shape index (κ1) is 10.8. The fourth-order valence-electron chi connectivity index (χ4n) is 1.46. The molecule has 66 valence electrons. The summed E-state index contributed by atoms with van der Waals surface area (Å²) in [7, 11) is 0. The Hall–Kier alpha value is -0.240. The molecule has 0 aromatic rings. The van der Waals surface area contributed by atoms with E-state index < -0.39 is 0 Å². The van der Waals surface area contributed by atoms with E-state index in [1.165, 1.54) is 25.7 Å². The van der Waals surface area contributed by atoms with Crippen LogP contribution in [0.25, 0.3) is 0 Å². The minimum atomic E-state index is 0. The van der Waals surface area contributed by atoms with E-state index in [2.05, 4.69) is 0 Å². The summed E-state index contributed by atoms with van der Waals surface area (Å²) in [5, 5.41) is 7.46. The molecule has 1 aliphatic rings. The van der Waals surface area contributed by atoms with Gasteiger partial charge in [0, 0.05) is 5.92 Å². The van der Waals surface area contributed by atoms with Crippen LogP contribution in [0.2, 0.25) is 0 Å². The molecule has 0 aromatic heterocycles. The minimum absolute atomic E-state index is 0. The predicted molar refractivity (Wildman–Crippen MR) is 48.6 cm³/mol. The normalized spacial score (nSPS) is 17.5. The molecule has 0 aromatic carbocycles. The molecule has 2 nitrogen and oxygen atoms in total. The van der Waals surface area contributed by atoms with Gasteiger partial charge in [-0.15, -0.1) is 12.4 Å². The van der Waals surface area contributed by atoms with Crippen LogP contribution in [0.1, 0.15) is 32.6 Å². The maximum atomic E-state index is 7.46. The second kappa shape index (κ2) is 5.42. The van der Waals surface area contributed by atoms with Crippen molar-refractivity contribution in [2.75, 3.05) is 6.61 Å². The van der Waals surface area contributed by atoms with E-state index in [1.54, 1.807) is 0 Å². The van der Waals surface area contributed by atoms with E-state index in [0.29, 0.717) is 18.4 Å². The van der Waals surface area contributed by atoms with Crippen molar-refractivity contribution in [3.63, 3.8) is 0 Å². The lowest BCUT2D eigenvalue weighted by Crippen LogP contribution is -2.13. The van der Waals surface area contributed by atoms with Crippen LogP contribution in [0.4, 0.5) is 0 Å². The summed E-state index contributed by atoms with van der Waals surface area (Å²) in [5.74, 6) is 0.958. The van der Waals surface area contributed by atoms with Crippen LogP contribution in [-0.2, 0) is 4.74 Å². The molecule has 0 radical (unpaired) electrons. The summed E-state index contributed by atoms with van der Waals surface area (Å²) >= 11 is 0. The molecule has 0 heterocycles. The van der Waals surface area contributed by atoms with Crippen LogP contribution in [-0.4, -0.2) is 12.5 Å². The van der Waals surface area contributed by atoms with Gasteiger partial charge in [-0.1, -0.05) is 12.8 Å². The maximum Gasteiger partial charge on any atom is 0.183 e. The maximum absolute atomic E-state index is 7.46. The molecule has 1 fully saturated rings. The molecule has 3 heteroatoms. The summed E-state index contributed by atoms with van der Waals surface area (Å²) in [6.45, 7) is 2.58. The second-order valence-electron chi connectivity index (χ2n) is 2.78. The summed E-state index contributed by atoms with van der Waals surface area (Å²) in [5.41, 5.74) is 0. The van der Waals surface area contributed by atoms with Gasteiger partial charge in [-0.05, 0) is 19.8 Å². The lowest BCUT2D eigenvalue weighted by molar-refractivity contribution is 0.296. The van der Waals surface area contributed by atoms with E-state index in [4.69, 9.17) is 10.1 Å². The topological polar surface area (TPSA) is 33.1 Å². The van der Waals surface area contributed by atoms with E-state index in [-0.39, 0.29) is 12.4 Å². The van der Waals surface area contributed by atoms with Crippen LogP contribution >= 0.6 is 12.4 Å². The molecule has 11 heavy (non-hydrogen) atoms. The molecule has 1 saturated carbocycles. The van der Waals surface area contributed by atoms with Gasteiger partial charge in [0.1, 0.15) is 0 Å². The van der Waals surface area contributed by atoms with Crippen molar-refractivity contribution in [1.82, 2.24) is 0 Å². The zero-order valence-corrected chi connectivity index (χ0v) is 7.75. The highest BCUT2D eigenvalue weighted by molar-refractivity contribution is 5.85. The molecule has 1 aliphatic carbocycles. The Kier molecular flexibility index (Phi) is 5.30. The third-order valence-corrected chi connectivity index (χ3v) is 2.03. The summed E-state index contributed by atoms with van der Waals surface area (Å²) < 4.78 is 5.11. The zero-order valence-electron chi connectivity index (χ0n) is 6.93. The highest BCUT2D eigenvalue weighted by atomic mass is 35.5. The minimum Gasteiger partial charge on any atom is -0.481 e. The van der Waals surface area contributed by atoms with Crippen molar-refractivity contribution in [1.29, 1.82) is 5.41 Å². The Balaban J connectivity index is 0.000001000. The van der Waals surface area contributed by atoms with Gasteiger partial charge < -0.3 is 4.74 Å². The number of ether oxygens (including phenoxy) is 1. The summed E-state index contributed by atoms with van der Waals surface area (Å²) in [6.07, 6.45) is 4.89. The van der Waals surface area contributed by atoms with E-state index >= 15 is 0 Å². The fraction of sp³-hybridized carbons (Fsp3) is 0.875. The van der Waals surface area contributed by atoms with Crippen LogP contribution in [0.15, 0.2) is 0 Å². The molecule has 0 amide bonds. The van der Waals surface area contributed by atoms with Crippen LogP contribution in [0.3, 0.4) is 0 Å². The van der Waals surface area contributed by atoms with Gasteiger partial charge in [0.05, 0.1) is 6.61 Å². The molecular formula is C8H16ClNO. The van der Waals surface area contributed by atoms with E-state index in [1.807, 2.05) is 6.92 Å². The molecule has 0 spiro atoms. The highest BCUT2D eigenvalue weighted by Crippen LogP contribution is 2.25. The molecule has 0 aliphatic heterocycles. The quantitative estimate of drug-likeness (QED) is 0.511. The highest BCUT2D eigenvalue weighted by Gasteiger charge is 2.20. The van der Waals surface area contributed by atoms with E-state index in [9.17, 15) is 0 Å². The van der Waals surface area contributed by atoms with Gasteiger partial charge in [0.25, 0.3) is 0 Å². The average Bonchev–Trinajstić information content (AvgIpc) is 2.38.